The first-order valence-electron chi connectivity index (χ1n) is 6.84. The number of aromatic nitrogens is 1. The zero-order valence-corrected chi connectivity index (χ0v) is 13.0. The Morgan fingerprint density at radius 3 is 2.58 bits per heavy atom. The lowest BCUT2D eigenvalue weighted by Crippen LogP contribution is -2.22. The monoisotopic (exact) mass is 274 g/mol. The van der Waals surface area contributed by atoms with Crippen LogP contribution in [0.15, 0.2) is 24.4 Å². The molecule has 19 heavy (non-hydrogen) atoms. The van der Waals surface area contributed by atoms with Crippen molar-refractivity contribution in [2.45, 2.75) is 40.2 Å². The van der Waals surface area contributed by atoms with Gasteiger partial charge in [0.1, 0.15) is 0 Å². The largest absolute Gasteiger partial charge is 0.306 e. The van der Waals surface area contributed by atoms with Crippen LogP contribution >= 0.6 is 11.3 Å². The molecule has 2 heterocycles. The molecule has 0 radical (unpaired) electrons. The second-order valence-electron chi connectivity index (χ2n) is 5.01. The first-order valence-corrected chi connectivity index (χ1v) is 7.66. The van der Waals surface area contributed by atoms with E-state index in [1.165, 1.54) is 20.9 Å². The maximum Gasteiger partial charge on any atom is 0.0686 e. The first kappa shape index (κ1) is 14.2. The van der Waals surface area contributed by atoms with E-state index in [0.29, 0.717) is 0 Å². The minimum absolute atomic E-state index is 0.269. The van der Waals surface area contributed by atoms with Crippen molar-refractivity contribution in [3.8, 4) is 0 Å². The fourth-order valence-corrected chi connectivity index (χ4v) is 3.21. The van der Waals surface area contributed by atoms with Gasteiger partial charge in [-0.05, 0) is 57.0 Å². The molecule has 0 amide bonds. The molecule has 0 saturated heterocycles. The quantitative estimate of drug-likeness (QED) is 0.885. The van der Waals surface area contributed by atoms with Gasteiger partial charge in [0.2, 0.25) is 0 Å². The maximum atomic E-state index is 4.43. The summed E-state index contributed by atoms with van der Waals surface area (Å²) in [5.74, 6) is 0. The molecule has 1 unspecified atom stereocenters. The Balaban J connectivity index is 2.32. The summed E-state index contributed by atoms with van der Waals surface area (Å²) in [7, 11) is 0. The summed E-state index contributed by atoms with van der Waals surface area (Å²) in [5, 5.41) is 3.63. The molecule has 0 aliphatic carbocycles. The summed E-state index contributed by atoms with van der Waals surface area (Å²) in [6.07, 6.45) is 3.13. The van der Waals surface area contributed by atoms with Crippen molar-refractivity contribution >= 4 is 11.3 Å². The van der Waals surface area contributed by atoms with E-state index >= 15 is 0 Å². The van der Waals surface area contributed by atoms with Gasteiger partial charge in [-0.1, -0.05) is 13.0 Å². The van der Waals surface area contributed by atoms with Crippen LogP contribution in [0.4, 0.5) is 0 Å². The fourth-order valence-electron chi connectivity index (χ4n) is 2.07. The molecule has 0 aromatic carbocycles. The number of pyridine rings is 1. The standard InChI is InChI=1S/C16H22N2S/c1-5-8-17-16(14-7-6-12(3)18-10-14)15-9-11(2)13(4)19-15/h6-7,9-10,16-17H,5,8H2,1-4H3. The fraction of sp³-hybridized carbons (Fsp3) is 0.438. The van der Waals surface area contributed by atoms with Gasteiger partial charge in [0.25, 0.3) is 0 Å². The van der Waals surface area contributed by atoms with E-state index < -0.39 is 0 Å². The van der Waals surface area contributed by atoms with Crippen LogP contribution in [0.3, 0.4) is 0 Å². The molecule has 1 atom stereocenters. The minimum atomic E-state index is 0.269. The number of rotatable bonds is 5. The number of hydrogen-bond donors (Lipinski definition) is 1. The van der Waals surface area contributed by atoms with Gasteiger partial charge in [-0.2, -0.15) is 0 Å². The third-order valence-corrected chi connectivity index (χ3v) is 4.55. The van der Waals surface area contributed by atoms with Crippen LogP contribution in [-0.2, 0) is 0 Å². The predicted octanol–water partition coefficient (Wildman–Crippen LogP) is 4.16. The van der Waals surface area contributed by atoms with Crippen molar-refractivity contribution < 1.29 is 0 Å². The molecule has 0 saturated carbocycles. The summed E-state index contributed by atoms with van der Waals surface area (Å²) < 4.78 is 0. The topological polar surface area (TPSA) is 24.9 Å². The molecule has 2 rings (SSSR count). The predicted molar refractivity (Wildman–Crippen MR) is 82.9 cm³/mol. The highest BCUT2D eigenvalue weighted by molar-refractivity contribution is 7.12. The summed E-state index contributed by atoms with van der Waals surface area (Å²) >= 11 is 1.88. The van der Waals surface area contributed by atoms with Gasteiger partial charge in [-0.15, -0.1) is 11.3 Å². The number of nitrogens with one attached hydrogen (secondary N) is 1. The highest BCUT2D eigenvalue weighted by Gasteiger charge is 2.16. The van der Waals surface area contributed by atoms with Crippen LogP contribution in [0.25, 0.3) is 0 Å². The van der Waals surface area contributed by atoms with Gasteiger partial charge >= 0.3 is 0 Å². The normalized spacial score (nSPS) is 12.6. The molecular weight excluding hydrogens is 252 g/mol. The van der Waals surface area contributed by atoms with Crippen molar-refractivity contribution in [2.75, 3.05) is 6.54 Å². The molecule has 0 bridgehead atoms. The van der Waals surface area contributed by atoms with Crippen molar-refractivity contribution in [3.63, 3.8) is 0 Å². The second-order valence-corrected chi connectivity index (χ2v) is 6.30. The van der Waals surface area contributed by atoms with Crippen molar-refractivity contribution in [1.29, 1.82) is 0 Å². The van der Waals surface area contributed by atoms with Crippen LogP contribution in [0.1, 0.15) is 46.0 Å². The van der Waals surface area contributed by atoms with E-state index in [1.807, 2.05) is 24.5 Å². The van der Waals surface area contributed by atoms with E-state index in [9.17, 15) is 0 Å². The van der Waals surface area contributed by atoms with Crippen LogP contribution in [-0.4, -0.2) is 11.5 Å². The highest BCUT2D eigenvalue weighted by Crippen LogP contribution is 2.30. The molecule has 0 aliphatic rings. The van der Waals surface area contributed by atoms with Crippen LogP contribution in [0, 0.1) is 20.8 Å². The smallest absolute Gasteiger partial charge is 0.0686 e. The second kappa shape index (κ2) is 6.31. The van der Waals surface area contributed by atoms with Gasteiger partial charge in [0.05, 0.1) is 6.04 Å². The third kappa shape index (κ3) is 3.43. The molecular formula is C16H22N2S. The van der Waals surface area contributed by atoms with Gasteiger partial charge in [0, 0.05) is 21.6 Å². The molecule has 0 spiro atoms. The van der Waals surface area contributed by atoms with E-state index in [0.717, 1.165) is 18.7 Å². The Labute approximate surface area is 119 Å². The van der Waals surface area contributed by atoms with E-state index in [-0.39, 0.29) is 6.04 Å². The summed E-state index contributed by atoms with van der Waals surface area (Å²) in [6, 6.07) is 6.83. The number of hydrogen-bond acceptors (Lipinski definition) is 3. The first-order chi connectivity index (χ1) is 9.11. The Hall–Kier alpha value is -1.19. The lowest BCUT2D eigenvalue weighted by Gasteiger charge is -2.17. The molecule has 2 aromatic rings. The van der Waals surface area contributed by atoms with E-state index in [2.05, 4.69) is 49.3 Å². The molecule has 3 heteroatoms. The van der Waals surface area contributed by atoms with Crippen molar-refractivity contribution in [2.24, 2.45) is 0 Å². The highest BCUT2D eigenvalue weighted by atomic mass is 32.1. The van der Waals surface area contributed by atoms with Crippen molar-refractivity contribution in [3.05, 3.63) is 51.0 Å². The van der Waals surface area contributed by atoms with Gasteiger partial charge in [-0.25, -0.2) is 0 Å². The van der Waals surface area contributed by atoms with Crippen LogP contribution in [0.5, 0.6) is 0 Å². The average Bonchev–Trinajstić information content (AvgIpc) is 2.72. The molecule has 2 nitrogen and oxygen atoms in total. The Morgan fingerprint density at radius 2 is 2.05 bits per heavy atom. The third-order valence-electron chi connectivity index (χ3n) is 3.34. The number of thiophene rings is 1. The van der Waals surface area contributed by atoms with Crippen LogP contribution in [0.2, 0.25) is 0 Å². The molecule has 0 aliphatic heterocycles. The lowest BCUT2D eigenvalue weighted by atomic mass is 10.1. The summed E-state index contributed by atoms with van der Waals surface area (Å²) in [4.78, 5) is 7.21. The average molecular weight is 274 g/mol. The van der Waals surface area contributed by atoms with Gasteiger partial charge < -0.3 is 5.32 Å². The number of nitrogens with zero attached hydrogens (tertiary/aromatic N) is 1. The van der Waals surface area contributed by atoms with Gasteiger partial charge in [-0.3, -0.25) is 4.98 Å². The Kier molecular flexibility index (Phi) is 4.72. The zero-order chi connectivity index (χ0) is 13.8. The summed E-state index contributed by atoms with van der Waals surface area (Å²) in [5.41, 5.74) is 3.69. The Morgan fingerprint density at radius 1 is 1.26 bits per heavy atom. The SMILES string of the molecule is CCCNC(c1ccc(C)nc1)c1cc(C)c(C)s1. The van der Waals surface area contributed by atoms with Crippen LogP contribution < -0.4 is 5.32 Å². The van der Waals surface area contributed by atoms with Crippen molar-refractivity contribution in [1.82, 2.24) is 10.3 Å². The zero-order valence-electron chi connectivity index (χ0n) is 12.2. The summed E-state index contributed by atoms with van der Waals surface area (Å²) in [6.45, 7) is 9.61. The number of aryl methyl sites for hydroxylation is 3. The molecule has 0 fully saturated rings. The molecule has 2 aromatic heterocycles. The van der Waals surface area contributed by atoms with Gasteiger partial charge in [0.15, 0.2) is 0 Å². The molecule has 102 valence electrons. The van der Waals surface area contributed by atoms with E-state index in [1.54, 1.807) is 0 Å². The lowest BCUT2D eigenvalue weighted by molar-refractivity contribution is 0.604. The Bertz CT molecular complexity index is 509. The maximum absolute atomic E-state index is 4.43. The molecule has 1 N–H and O–H groups in total. The minimum Gasteiger partial charge on any atom is -0.306 e. The van der Waals surface area contributed by atoms with E-state index in [4.69, 9.17) is 0 Å².